The van der Waals surface area contributed by atoms with Gasteiger partial charge in [-0.15, -0.1) is 0 Å². The number of benzene rings is 1. The van der Waals surface area contributed by atoms with Crippen LogP contribution in [0.2, 0.25) is 0 Å². The molecule has 1 aliphatic carbocycles. The number of rotatable bonds is 2. The number of nitrogens with zero attached hydrogens (tertiary/aromatic N) is 3. The number of piperidine rings is 2. The predicted molar refractivity (Wildman–Crippen MR) is 84.2 cm³/mol. The molecule has 0 amide bonds. The van der Waals surface area contributed by atoms with Gasteiger partial charge in [-0.05, 0) is 68.8 Å². The Morgan fingerprint density at radius 1 is 1.00 bits per heavy atom. The van der Waals surface area contributed by atoms with Gasteiger partial charge in [0.05, 0.1) is 11.6 Å². The van der Waals surface area contributed by atoms with Crippen molar-refractivity contribution in [3.8, 4) is 6.07 Å². The highest BCUT2D eigenvalue weighted by atomic mass is 15.3. The molecular weight excluding hydrogens is 258 g/mol. The van der Waals surface area contributed by atoms with E-state index in [0.717, 1.165) is 30.1 Å². The van der Waals surface area contributed by atoms with E-state index >= 15 is 0 Å². The van der Waals surface area contributed by atoms with Crippen LogP contribution in [-0.4, -0.2) is 36.6 Å². The summed E-state index contributed by atoms with van der Waals surface area (Å²) < 4.78 is 0. The molecule has 3 nitrogen and oxygen atoms in total. The van der Waals surface area contributed by atoms with E-state index in [9.17, 15) is 0 Å². The minimum Gasteiger partial charge on any atom is -0.371 e. The highest BCUT2D eigenvalue weighted by Gasteiger charge is 2.41. The molecule has 110 valence electrons. The fourth-order valence-electron chi connectivity index (χ4n) is 4.28. The first kappa shape index (κ1) is 13.2. The lowest BCUT2D eigenvalue weighted by molar-refractivity contribution is 0.0698. The van der Waals surface area contributed by atoms with E-state index in [0.29, 0.717) is 0 Å². The topological polar surface area (TPSA) is 30.3 Å². The summed E-state index contributed by atoms with van der Waals surface area (Å²) >= 11 is 0. The lowest BCUT2D eigenvalue weighted by atomic mass is 9.83. The molecule has 2 atom stereocenters. The maximum atomic E-state index is 8.91. The summed E-state index contributed by atoms with van der Waals surface area (Å²) in [5, 5.41) is 8.91. The van der Waals surface area contributed by atoms with E-state index in [2.05, 4.69) is 28.0 Å². The largest absolute Gasteiger partial charge is 0.371 e. The molecule has 4 rings (SSSR count). The van der Waals surface area contributed by atoms with Gasteiger partial charge in [-0.2, -0.15) is 5.26 Å². The summed E-state index contributed by atoms with van der Waals surface area (Å²) in [5.74, 6) is 0.837. The zero-order valence-electron chi connectivity index (χ0n) is 12.5. The second-order valence-electron chi connectivity index (χ2n) is 6.83. The number of nitriles is 1. The van der Waals surface area contributed by atoms with Gasteiger partial charge in [0.15, 0.2) is 0 Å². The van der Waals surface area contributed by atoms with Gasteiger partial charge in [-0.25, -0.2) is 0 Å². The first-order valence-electron chi connectivity index (χ1n) is 8.36. The van der Waals surface area contributed by atoms with Crippen molar-refractivity contribution in [3.05, 3.63) is 29.8 Å². The number of anilines is 1. The van der Waals surface area contributed by atoms with E-state index in [4.69, 9.17) is 5.26 Å². The Morgan fingerprint density at radius 2 is 1.81 bits per heavy atom. The van der Waals surface area contributed by atoms with Gasteiger partial charge in [0.2, 0.25) is 0 Å². The number of hydrogen-bond acceptors (Lipinski definition) is 3. The Morgan fingerprint density at radius 3 is 2.52 bits per heavy atom. The third kappa shape index (κ3) is 2.53. The highest BCUT2D eigenvalue weighted by molar-refractivity contribution is 5.50. The smallest absolute Gasteiger partial charge is 0.0991 e. The maximum absolute atomic E-state index is 8.91. The fourth-order valence-corrected chi connectivity index (χ4v) is 4.28. The van der Waals surface area contributed by atoms with Crippen LogP contribution in [-0.2, 0) is 0 Å². The van der Waals surface area contributed by atoms with Gasteiger partial charge in [0.25, 0.3) is 0 Å². The first-order chi connectivity index (χ1) is 10.3. The van der Waals surface area contributed by atoms with Gasteiger partial charge < -0.3 is 4.90 Å². The zero-order valence-corrected chi connectivity index (χ0v) is 12.5. The Kier molecular flexibility index (Phi) is 3.35. The Bertz CT molecular complexity index is 541. The van der Waals surface area contributed by atoms with Crippen LogP contribution in [0.15, 0.2) is 24.3 Å². The summed E-state index contributed by atoms with van der Waals surface area (Å²) in [7, 11) is 0. The average molecular weight is 281 g/mol. The average Bonchev–Trinajstić information content (AvgIpc) is 3.39. The standard InChI is InChI=1S/C18H23N3/c19-12-14-3-5-16(6-4-14)20-11-9-18-15(13-20)2-1-10-21(18)17-7-8-17/h3-6,15,17-18H,1-2,7-11,13H2/t15-,18+/m0/s1. The van der Waals surface area contributed by atoms with E-state index in [1.165, 1.54) is 50.9 Å². The van der Waals surface area contributed by atoms with Crippen molar-refractivity contribution in [1.82, 2.24) is 4.90 Å². The van der Waals surface area contributed by atoms with E-state index in [1.54, 1.807) is 0 Å². The fraction of sp³-hybridized carbons (Fsp3) is 0.611. The van der Waals surface area contributed by atoms with Gasteiger partial charge in [-0.3, -0.25) is 4.90 Å². The molecule has 0 unspecified atom stereocenters. The molecule has 2 aliphatic heterocycles. The maximum Gasteiger partial charge on any atom is 0.0991 e. The number of fused-ring (bicyclic) bond motifs is 1. The molecule has 0 spiro atoms. The van der Waals surface area contributed by atoms with Crippen molar-refractivity contribution >= 4 is 5.69 Å². The normalized spacial score (nSPS) is 29.8. The molecular formula is C18H23N3. The van der Waals surface area contributed by atoms with Crippen LogP contribution in [0.1, 0.15) is 37.7 Å². The second kappa shape index (κ2) is 5.35. The molecule has 2 saturated heterocycles. The van der Waals surface area contributed by atoms with E-state index in [1.807, 2.05) is 12.1 Å². The molecule has 0 aromatic heterocycles. The molecule has 1 saturated carbocycles. The van der Waals surface area contributed by atoms with Crippen LogP contribution in [0.3, 0.4) is 0 Å². The summed E-state index contributed by atoms with van der Waals surface area (Å²) in [6.45, 7) is 3.69. The molecule has 1 aromatic carbocycles. The summed E-state index contributed by atoms with van der Waals surface area (Å²) in [6, 6.07) is 12.1. The minimum atomic E-state index is 0.756. The summed E-state index contributed by atoms with van der Waals surface area (Å²) in [6.07, 6.45) is 6.94. The molecule has 3 aliphatic rings. The number of likely N-dealkylation sites (tertiary alicyclic amines) is 1. The monoisotopic (exact) mass is 281 g/mol. The Balaban J connectivity index is 1.47. The van der Waals surface area contributed by atoms with E-state index < -0.39 is 0 Å². The van der Waals surface area contributed by atoms with E-state index in [-0.39, 0.29) is 0 Å². The summed E-state index contributed by atoms with van der Waals surface area (Å²) in [4.78, 5) is 5.35. The first-order valence-corrected chi connectivity index (χ1v) is 8.36. The van der Waals surface area contributed by atoms with Crippen molar-refractivity contribution in [2.24, 2.45) is 5.92 Å². The molecule has 3 heteroatoms. The van der Waals surface area contributed by atoms with Gasteiger partial charge >= 0.3 is 0 Å². The zero-order chi connectivity index (χ0) is 14.2. The van der Waals surface area contributed by atoms with Crippen LogP contribution in [0.25, 0.3) is 0 Å². The third-order valence-electron chi connectivity index (χ3n) is 5.49. The van der Waals surface area contributed by atoms with Crippen molar-refractivity contribution in [1.29, 1.82) is 5.26 Å². The van der Waals surface area contributed by atoms with Crippen molar-refractivity contribution in [2.45, 2.75) is 44.2 Å². The molecule has 0 radical (unpaired) electrons. The summed E-state index contributed by atoms with van der Waals surface area (Å²) in [5.41, 5.74) is 2.04. The third-order valence-corrected chi connectivity index (χ3v) is 5.49. The van der Waals surface area contributed by atoms with Crippen molar-refractivity contribution in [3.63, 3.8) is 0 Å². The van der Waals surface area contributed by atoms with Crippen LogP contribution in [0.4, 0.5) is 5.69 Å². The van der Waals surface area contributed by atoms with Gasteiger partial charge in [0, 0.05) is 30.9 Å². The second-order valence-corrected chi connectivity index (χ2v) is 6.83. The minimum absolute atomic E-state index is 0.756. The van der Waals surface area contributed by atoms with Crippen LogP contribution in [0.5, 0.6) is 0 Å². The molecule has 1 aromatic rings. The quantitative estimate of drug-likeness (QED) is 0.835. The lowest BCUT2D eigenvalue weighted by Gasteiger charge is -2.48. The number of hydrogen-bond donors (Lipinski definition) is 0. The Labute approximate surface area is 127 Å². The Hall–Kier alpha value is -1.53. The molecule has 2 heterocycles. The molecule has 3 fully saturated rings. The van der Waals surface area contributed by atoms with Crippen molar-refractivity contribution in [2.75, 3.05) is 24.5 Å². The van der Waals surface area contributed by atoms with Gasteiger partial charge in [-0.1, -0.05) is 0 Å². The molecule has 0 bridgehead atoms. The molecule has 21 heavy (non-hydrogen) atoms. The highest BCUT2D eigenvalue weighted by Crippen LogP contribution is 2.39. The van der Waals surface area contributed by atoms with Crippen LogP contribution >= 0.6 is 0 Å². The molecule has 0 N–H and O–H groups in total. The lowest BCUT2D eigenvalue weighted by Crippen LogP contribution is -2.54. The van der Waals surface area contributed by atoms with Crippen LogP contribution < -0.4 is 4.90 Å². The van der Waals surface area contributed by atoms with Gasteiger partial charge in [0.1, 0.15) is 0 Å². The predicted octanol–water partition coefficient (Wildman–Crippen LogP) is 3.01. The van der Waals surface area contributed by atoms with Crippen LogP contribution in [0, 0.1) is 17.2 Å². The SMILES string of the molecule is N#Cc1ccc(N2CC[C@@H]3[C@@H](CCCN3C3CC3)C2)cc1. The van der Waals surface area contributed by atoms with Crippen molar-refractivity contribution < 1.29 is 0 Å².